The molecule has 0 spiro atoms. The van der Waals surface area contributed by atoms with Crippen LogP contribution in [0.25, 0.3) is 10.9 Å². The summed E-state index contributed by atoms with van der Waals surface area (Å²) >= 11 is 0. The summed E-state index contributed by atoms with van der Waals surface area (Å²) in [7, 11) is 0. The lowest BCUT2D eigenvalue weighted by atomic mass is 9.86. The number of rotatable bonds is 5. The predicted octanol–water partition coefficient (Wildman–Crippen LogP) is 4.24. The molecule has 2 N–H and O–H groups in total. The number of fused-ring (bicyclic) bond motifs is 1. The first-order chi connectivity index (χ1) is 9.47. The molecule has 2 aromatic rings. The third kappa shape index (κ3) is 3.06. The summed E-state index contributed by atoms with van der Waals surface area (Å²) in [4.78, 5) is 0. The van der Waals surface area contributed by atoms with Gasteiger partial charge in [0.1, 0.15) is 0 Å². The fourth-order valence-corrected chi connectivity index (χ4v) is 2.75. The van der Waals surface area contributed by atoms with Crippen LogP contribution >= 0.6 is 0 Å². The Kier molecular flexibility index (Phi) is 4.54. The van der Waals surface area contributed by atoms with Gasteiger partial charge in [0, 0.05) is 23.6 Å². The van der Waals surface area contributed by atoms with Gasteiger partial charge in [-0.05, 0) is 48.1 Å². The van der Waals surface area contributed by atoms with E-state index in [-0.39, 0.29) is 5.41 Å². The molecule has 1 aromatic heterocycles. The first-order valence-corrected chi connectivity index (χ1v) is 7.79. The SMILES string of the molecule is CCCc1cn(CCCN)c2ccc(C(C)(C)C)cc12. The van der Waals surface area contributed by atoms with Gasteiger partial charge in [0.05, 0.1) is 0 Å². The van der Waals surface area contributed by atoms with Crippen LogP contribution in [0.4, 0.5) is 0 Å². The van der Waals surface area contributed by atoms with Gasteiger partial charge < -0.3 is 10.3 Å². The summed E-state index contributed by atoms with van der Waals surface area (Å²) in [5.41, 5.74) is 10.1. The molecule has 0 unspecified atom stereocenters. The number of hydrogen-bond acceptors (Lipinski definition) is 1. The predicted molar refractivity (Wildman–Crippen MR) is 88.3 cm³/mol. The molecular formula is C18H28N2. The Morgan fingerprint density at radius 3 is 2.55 bits per heavy atom. The van der Waals surface area contributed by atoms with E-state index in [2.05, 4.69) is 56.7 Å². The molecule has 0 aliphatic carbocycles. The zero-order valence-electron chi connectivity index (χ0n) is 13.4. The van der Waals surface area contributed by atoms with Crippen molar-refractivity contribution in [2.24, 2.45) is 5.73 Å². The Hall–Kier alpha value is -1.28. The summed E-state index contributed by atoms with van der Waals surface area (Å²) in [5, 5.41) is 1.43. The van der Waals surface area contributed by atoms with E-state index in [0.29, 0.717) is 0 Å². The lowest BCUT2D eigenvalue weighted by Gasteiger charge is -2.19. The van der Waals surface area contributed by atoms with Gasteiger partial charge in [0.25, 0.3) is 0 Å². The highest BCUT2D eigenvalue weighted by Gasteiger charge is 2.16. The summed E-state index contributed by atoms with van der Waals surface area (Å²) in [6, 6.07) is 6.95. The lowest BCUT2D eigenvalue weighted by molar-refractivity contribution is 0.591. The smallest absolute Gasteiger partial charge is 0.0483 e. The number of benzene rings is 1. The second-order valence-electron chi connectivity index (χ2n) is 6.72. The van der Waals surface area contributed by atoms with Gasteiger partial charge in [0.2, 0.25) is 0 Å². The molecule has 0 aliphatic heterocycles. The van der Waals surface area contributed by atoms with Crippen LogP contribution < -0.4 is 5.73 Å². The Morgan fingerprint density at radius 2 is 1.95 bits per heavy atom. The monoisotopic (exact) mass is 272 g/mol. The van der Waals surface area contributed by atoms with Crippen LogP contribution in [-0.2, 0) is 18.4 Å². The molecule has 2 rings (SSSR count). The van der Waals surface area contributed by atoms with Crippen LogP contribution in [-0.4, -0.2) is 11.1 Å². The topological polar surface area (TPSA) is 30.9 Å². The maximum Gasteiger partial charge on any atom is 0.0483 e. The van der Waals surface area contributed by atoms with Crippen LogP contribution in [0.5, 0.6) is 0 Å². The normalized spacial score (nSPS) is 12.2. The Labute approximate surface area is 123 Å². The first-order valence-electron chi connectivity index (χ1n) is 7.79. The van der Waals surface area contributed by atoms with E-state index < -0.39 is 0 Å². The standard InChI is InChI=1S/C18H28N2/c1-5-7-14-13-20(11-6-10-19)17-9-8-15(12-16(14)17)18(2,3)4/h8-9,12-13H,5-7,10-11,19H2,1-4H3. The second-order valence-corrected chi connectivity index (χ2v) is 6.72. The van der Waals surface area contributed by atoms with E-state index in [1.807, 2.05) is 0 Å². The molecule has 110 valence electrons. The molecule has 0 fully saturated rings. The fraction of sp³-hybridized carbons (Fsp3) is 0.556. The van der Waals surface area contributed by atoms with E-state index in [4.69, 9.17) is 5.73 Å². The van der Waals surface area contributed by atoms with E-state index in [1.54, 1.807) is 0 Å². The minimum absolute atomic E-state index is 0.205. The Morgan fingerprint density at radius 1 is 1.20 bits per heavy atom. The summed E-state index contributed by atoms with van der Waals surface area (Å²) in [6.07, 6.45) is 5.71. The van der Waals surface area contributed by atoms with Crippen LogP contribution in [0.15, 0.2) is 24.4 Å². The van der Waals surface area contributed by atoms with Crippen molar-refractivity contribution in [1.29, 1.82) is 0 Å². The molecule has 0 amide bonds. The quantitative estimate of drug-likeness (QED) is 0.867. The van der Waals surface area contributed by atoms with Gasteiger partial charge in [0.15, 0.2) is 0 Å². The van der Waals surface area contributed by atoms with Gasteiger partial charge in [-0.25, -0.2) is 0 Å². The number of aromatic nitrogens is 1. The number of aryl methyl sites for hydroxylation is 2. The van der Waals surface area contributed by atoms with Crippen molar-refractivity contribution in [3.63, 3.8) is 0 Å². The van der Waals surface area contributed by atoms with Gasteiger partial charge in [-0.2, -0.15) is 0 Å². The fourth-order valence-electron chi connectivity index (χ4n) is 2.75. The molecule has 0 radical (unpaired) electrons. The molecule has 0 saturated carbocycles. The molecule has 0 aliphatic rings. The van der Waals surface area contributed by atoms with Crippen LogP contribution in [0.1, 0.15) is 51.7 Å². The van der Waals surface area contributed by atoms with Crippen LogP contribution in [0.3, 0.4) is 0 Å². The number of hydrogen-bond donors (Lipinski definition) is 1. The van der Waals surface area contributed by atoms with E-state index in [0.717, 1.165) is 25.9 Å². The zero-order valence-corrected chi connectivity index (χ0v) is 13.4. The molecule has 0 saturated heterocycles. The van der Waals surface area contributed by atoms with Gasteiger partial charge in [-0.15, -0.1) is 0 Å². The van der Waals surface area contributed by atoms with Crippen molar-refractivity contribution in [3.05, 3.63) is 35.5 Å². The van der Waals surface area contributed by atoms with Crippen molar-refractivity contribution in [2.45, 2.75) is 58.9 Å². The minimum Gasteiger partial charge on any atom is -0.347 e. The van der Waals surface area contributed by atoms with Crippen LogP contribution in [0.2, 0.25) is 0 Å². The summed E-state index contributed by atoms with van der Waals surface area (Å²) < 4.78 is 2.37. The molecular weight excluding hydrogens is 244 g/mol. The largest absolute Gasteiger partial charge is 0.347 e. The molecule has 0 atom stereocenters. The van der Waals surface area contributed by atoms with E-state index in [9.17, 15) is 0 Å². The van der Waals surface area contributed by atoms with Crippen molar-refractivity contribution in [1.82, 2.24) is 4.57 Å². The van der Waals surface area contributed by atoms with Crippen LogP contribution in [0, 0.1) is 0 Å². The van der Waals surface area contributed by atoms with Gasteiger partial charge in [-0.1, -0.05) is 40.2 Å². The van der Waals surface area contributed by atoms with Crippen molar-refractivity contribution >= 4 is 10.9 Å². The number of nitrogens with zero attached hydrogens (tertiary/aromatic N) is 1. The number of nitrogens with two attached hydrogens (primary N) is 1. The summed E-state index contributed by atoms with van der Waals surface area (Å²) in [5.74, 6) is 0. The lowest BCUT2D eigenvalue weighted by Crippen LogP contribution is -2.10. The van der Waals surface area contributed by atoms with Crippen molar-refractivity contribution in [2.75, 3.05) is 6.54 Å². The van der Waals surface area contributed by atoms with E-state index in [1.165, 1.54) is 28.5 Å². The van der Waals surface area contributed by atoms with Crippen molar-refractivity contribution < 1.29 is 0 Å². The summed E-state index contributed by atoms with van der Waals surface area (Å²) in [6.45, 7) is 10.8. The van der Waals surface area contributed by atoms with Crippen molar-refractivity contribution in [3.8, 4) is 0 Å². The maximum absolute atomic E-state index is 5.65. The molecule has 2 nitrogen and oxygen atoms in total. The zero-order chi connectivity index (χ0) is 14.8. The second kappa shape index (κ2) is 6.01. The molecule has 20 heavy (non-hydrogen) atoms. The average molecular weight is 272 g/mol. The Balaban J connectivity index is 2.51. The highest BCUT2D eigenvalue weighted by atomic mass is 15.0. The minimum atomic E-state index is 0.205. The third-order valence-corrected chi connectivity index (χ3v) is 3.95. The van der Waals surface area contributed by atoms with Gasteiger partial charge in [-0.3, -0.25) is 0 Å². The average Bonchev–Trinajstić information content (AvgIpc) is 2.74. The maximum atomic E-state index is 5.65. The highest BCUT2D eigenvalue weighted by molar-refractivity contribution is 5.85. The molecule has 0 bridgehead atoms. The Bertz CT molecular complexity index is 573. The van der Waals surface area contributed by atoms with Gasteiger partial charge >= 0.3 is 0 Å². The van der Waals surface area contributed by atoms with E-state index >= 15 is 0 Å². The molecule has 2 heteroatoms. The molecule has 1 heterocycles. The third-order valence-electron chi connectivity index (χ3n) is 3.95. The first kappa shape index (κ1) is 15.1. The highest BCUT2D eigenvalue weighted by Crippen LogP contribution is 2.29. The molecule has 1 aromatic carbocycles.